The van der Waals surface area contributed by atoms with Crippen molar-refractivity contribution in [1.82, 2.24) is 15.0 Å². The van der Waals surface area contributed by atoms with Crippen molar-refractivity contribution in [2.75, 3.05) is 12.4 Å². The molecule has 9 heteroatoms. The van der Waals surface area contributed by atoms with Crippen LogP contribution in [0.5, 0.6) is 11.5 Å². The number of nitrogens with one attached hydrogen (secondary N) is 2. The molecule has 0 aliphatic heterocycles. The van der Waals surface area contributed by atoms with E-state index in [2.05, 4.69) is 20.3 Å². The highest BCUT2D eigenvalue weighted by Crippen LogP contribution is 2.38. The maximum absolute atomic E-state index is 14.1. The van der Waals surface area contributed by atoms with E-state index < -0.39 is 17.6 Å². The van der Waals surface area contributed by atoms with Gasteiger partial charge in [0.15, 0.2) is 0 Å². The van der Waals surface area contributed by atoms with E-state index in [4.69, 9.17) is 9.47 Å². The third-order valence-corrected chi connectivity index (χ3v) is 5.28. The van der Waals surface area contributed by atoms with Crippen molar-refractivity contribution >= 4 is 33.7 Å². The average molecular weight is 519 g/mol. The number of anilines is 1. The van der Waals surface area contributed by atoms with E-state index in [0.717, 1.165) is 21.9 Å². The Morgan fingerprint density at radius 1 is 1.00 bits per heavy atom. The van der Waals surface area contributed by atoms with E-state index in [-0.39, 0.29) is 13.0 Å². The lowest BCUT2D eigenvalue weighted by Crippen LogP contribution is -2.27. The summed E-state index contributed by atoms with van der Waals surface area (Å²) in [4.78, 5) is 23.0. The van der Waals surface area contributed by atoms with Crippen molar-refractivity contribution in [3.05, 3.63) is 79.0 Å². The fourth-order valence-corrected chi connectivity index (χ4v) is 3.83. The Morgan fingerprint density at radius 2 is 1.71 bits per heavy atom. The van der Waals surface area contributed by atoms with E-state index >= 15 is 0 Å². The maximum Gasteiger partial charge on any atom is 0.412 e. The van der Waals surface area contributed by atoms with E-state index in [0.29, 0.717) is 22.7 Å². The van der Waals surface area contributed by atoms with Crippen LogP contribution in [-0.2, 0) is 4.74 Å². The summed E-state index contributed by atoms with van der Waals surface area (Å²) >= 11 is 0. The highest BCUT2D eigenvalue weighted by atomic mass is 19.1. The number of pyridine rings is 2. The summed E-state index contributed by atoms with van der Waals surface area (Å²) in [6.45, 7) is 5.29. The van der Waals surface area contributed by atoms with Crippen LogP contribution in [0.1, 0.15) is 28.2 Å². The molecule has 5 aromatic rings. The Morgan fingerprint density at radius 3 is 2.42 bits per heavy atom. The van der Waals surface area contributed by atoms with Crippen molar-refractivity contribution in [2.45, 2.75) is 33.8 Å². The fraction of sp³-hybridized carbons (Fsp3) is 0.207. The van der Waals surface area contributed by atoms with Crippen LogP contribution in [0, 0.1) is 5.95 Å². The molecule has 2 aromatic carbocycles. The van der Waals surface area contributed by atoms with Crippen molar-refractivity contribution < 1.29 is 23.8 Å². The van der Waals surface area contributed by atoms with Crippen LogP contribution in [0.4, 0.5) is 14.9 Å². The van der Waals surface area contributed by atoms with Gasteiger partial charge in [-0.1, -0.05) is 19.6 Å². The fourth-order valence-electron chi connectivity index (χ4n) is 3.83. The first-order chi connectivity index (χ1) is 17.7. The SMILES string of the molecule is C.COc1cccc(NC(=O)OC(C)(C)C)c1-c1cccnc1F.Oc1cccc2[nH]c3ncccc3c12. The van der Waals surface area contributed by atoms with Gasteiger partial charge in [-0.3, -0.25) is 5.32 Å². The van der Waals surface area contributed by atoms with Crippen molar-refractivity contribution in [3.63, 3.8) is 0 Å². The first kappa shape index (κ1) is 27.9. The van der Waals surface area contributed by atoms with E-state index in [1.54, 1.807) is 63.4 Å². The minimum absolute atomic E-state index is 0. The number of carbonyl (C=O) groups is 1. The normalized spacial score (nSPS) is 10.8. The Kier molecular flexibility index (Phi) is 8.52. The summed E-state index contributed by atoms with van der Waals surface area (Å²) < 4.78 is 24.6. The minimum atomic E-state index is -0.649. The zero-order valence-electron chi connectivity index (χ0n) is 20.9. The van der Waals surface area contributed by atoms with Gasteiger partial charge >= 0.3 is 6.09 Å². The van der Waals surface area contributed by atoms with Crippen LogP contribution >= 0.6 is 0 Å². The number of nitrogens with zero attached hydrogens (tertiary/aromatic N) is 2. The number of aromatic nitrogens is 3. The second-order valence-electron chi connectivity index (χ2n) is 9.08. The Labute approximate surface area is 220 Å². The Hall–Kier alpha value is -4.66. The number of hydrogen-bond donors (Lipinski definition) is 3. The van der Waals surface area contributed by atoms with Gasteiger partial charge in [0, 0.05) is 23.3 Å². The number of phenolic OH excluding ortho intramolecular Hbond substituents is 1. The summed E-state index contributed by atoms with van der Waals surface area (Å²) in [7, 11) is 1.48. The molecular formula is C29H31FN4O4. The molecule has 0 bridgehead atoms. The van der Waals surface area contributed by atoms with E-state index in [1.165, 1.54) is 13.3 Å². The smallest absolute Gasteiger partial charge is 0.412 e. The second kappa shape index (κ2) is 11.6. The van der Waals surface area contributed by atoms with Crippen LogP contribution in [-0.4, -0.2) is 38.9 Å². The molecule has 3 N–H and O–H groups in total. The molecule has 198 valence electrons. The highest BCUT2D eigenvalue weighted by Gasteiger charge is 2.20. The van der Waals surface area contributed by atoms with Crippen molar-refractivity contribution in [3.8, 4) is 22.6 Å². The van der Waals surface area contributed by atoms with E-state index in [9.17, 15) is 14.3 Å². The molecule has 5 rings (SSSR count). The third-order valence-electron chi connectivity index (χ3n) is 5.28. The van der Waals surface area contributed by atoms with Crippen LogP contribution in [0.25, 0.3) is 33.1 Å². The summed E-state index contributed by atoms with van der Waals surface area (Å²) in [5.41, 5.74) is 2.11. The number of rotatable bonds is 3. The quantitative estimate of drug-likeness (QED) is 0.216. The highest BCUT2D eigenvalue weighted by molar-refractivity contribution is 6.08. The number of ether oxygens (including phenoxy) is 2. The van der Waals surface area contributed by atoms with Crippen LogP contribution < -0.4 is 10.1 Å². The molecule has 8 nitrogen and oxygen atoms in total. The summed E-state index contributed by atoms with van der Waals surface area (Å²) in [5, 5.41) is 14.1. The van der Waals surface area contributed by atoms with Gasteiger partial charge in [0.05, 0.1) is 29.3 Å². The number of phenols is 1. The van der Waals surface area contributed by atoms with Crippen LogP contribution in [0.15, 0.2) is 73.1 Å². The Balaban J connectivity index is 0.000000227. The number of H-pyrrole nitrogens is 1. The number of amides is 1. The van der Waals surface area contributed by atoms with Gasteiger partial charge in [0.2, 0.25) is 5.95 Å². The van der Waals surface area contributed by atoms with Crippen LogP contribution in [0.3, 0.4) is 0 Å². The molecule has 0 spiro atoms. The van der Waals surface area contributed by atoms with E-state index in [1.807, 2.05) is 24.3 Å². The summed E-state index contributed by atoms with van der Waals surface area (Å²) in [6, 6.07) is 17.4. The largest absolute Gasteiger partial charge is 0.507 e. The predicted octanol–water partition coefficient (Wildman–Crippen LogP) is 7.30. The number of methoxy groups -OCH3 is 1. The van der Waals surface area contributed by atoms with Crippen molar-refractivity contribution in [2.24, 2.45) is 0 Å². The average Bonchev–Trinajstić information content (AvgIpc) is 3.23. The molecule has 0 unspecified atom stereocenters. The standard InChI is InChI=1S/C17H19FN2O3.C11H8N2O.CH4/c1-17(2,3)23-16(21)20-12-8-5-9-13(22-4)14(12)11-7-6-10-19-15(11)18;14-9-5-1-4-8-10(9)7-3-2-6-12-11(7)13-8;/h5-10H,1-4H3,(H,20,21);1-6,14H,(H,12,13);1H4. The molecule has 3 heterocycles. The Bertz CT molecular complexity index is 1560. The number of aromatic amines is 1. The first-order valence-corrected chi connectivity index (χ1v) is 11.5. The minimum Gasteiger partial charge on any atom is -0.507 e. The zero-order chi connectivity index (χ0) is 26.6. The summed E-state index contributed by atoms with van der Waals surface area (Å²) in [5.74, 6) is 0.0662. The molecule has 0 atom stereocenters. The molecule has 1 amide bonds. The number of aromatic hydroxyl groups is 1. The molecule has 0 fully saturated rings. The number of halogens is 1. The van der Waals surface area contributed by atoms with Crippen molar-refractivity contribution in [1.29, 1.82) is 0 Å². The molecule has 0 radical (unpaired) electrons. The van der Waals surface area contributed by atoms with Gasteiger partial charge in [-0.2, -0.15) is 4.39 Å². The lowest BCUT2D eigenvalue weighted by molar-refractivity contribution is 0.0636. The molecule has 0 saturated carbocycles. The van der Waals surface area contributed by atoms with Gasteiger partial charge in [0.1, 0.15) is 22.7 Å². The first-order valence-electron chi connectivity index (χ1n) is 11.5. The molecule has 38 heavy (non-hydrogen) atoms. The molecule has 3 aromatic heterocycles. The maximum atomic E-state index is 14.1. The van der Waals surface area contributed by atoms with Gasteiger partial charge in [-0.25, -0.2) is 14.8 Å². The molecule has 0 aliphatic carbocycles. The number of fused-ring (bicyclic) bond motifs is 3. The second-order valence-corrected chi connectivity index (χ2v) is 9.08. The number of carbonyl (C=O) groups excluding carboxylic acids is 1. The van der Waals surface area contributed by atoms with Crippen LogP contribution in [0.2, 0.25) is 0 Å². The molecular weight excluding hydrogens is 487 g/mol. The monoisotopic (exact) mass is 518 g/mol. The topological polar surface area (TPSA) is 109 Å². The number of hydrogen-bond acceptors (Lipinski definition) is 6. The third kappa shape index (κ3) is 6.18. The molecule has 0 saturated heterocycles. The lowest BCUT2D eigenvalue weighted by Gasteiger charge is -2.21. The molecule has 0 aliphatic rings. The summed E-state index contributed by atoms with van der Waals surface area (Å²) in [6.07, 6.45) is 2.46. The number of benzene rings is 2. The predicted molar refractivity (Wildman–Crippen MR) is 148 cm³/mol. The van der Waals surface area contributed by atoms with Gasteiger partial charge in [0.25, 0.3) is 0 Å². The van der Waals surface area contributed by atoms with Gasteiger partial charge in [-0.05, 0) is 69.3 Å². The van der Waals surface area contributed by atoms with Gasteiger partial charge in [-0.15, -0.1) is 0 Å². The zero-order valence-corrected chi connectivity index (χ0v) is 20.9. The lowest BCUT2D eigenvalue weighted by atomic mass is 10.0. The van der Waals surface area contributed by atoms with Gasteiger partial charge < -0.3 is 19.6 Å².